The maximum atomic E-state index is 5.51. The molecule has 0 fully saturated rings. The fraction of sp³-hybridized carbons (Fsp3) is 0.222. The fourth-order valence-corrected chi connectivity index (χ4v) is 3.41. The highest BCUT2D eigenvalue weighted by Gasteiger charge is 2.19. The van der Waals surface area contributed by atoms with Crippen LogP contribution in [0.2, 0.25) is 0 Å². The molecular formula is C18H18N2O4S. The topological polar surface area (TPSA) is 62.7 Å². The predicted octanol–water partition coefficient (Wildman–Crippen LogP) is 3.82. The van der Waals surface area contributed by atoms with Crippen molar-refractivity contribution in [2.24, 2.45) is 0 Å². The predicted molar refractivity (Wildman–Crippen MR) is 96.3 cm³/mol. The Balaban J connectivity index is 2.15. The number of benzene rings is 2. The first-order chi connectivity index (χ1) is 12.2. The molecule has 0 spiro atoms. The van der Waals surface area contributed by atoms with Gasteiger partial charge in [0.05, 0.1) is 28.4 Å². The van der Waals surface area contributed by atoms with Crippen molar-refractivity contribution in [3.8, 4) is 23.0 Å². The molecule has 0 amide bonds. The number of fused-ring (bicyclic) bond motifs is 1. The van der Waals surface area contributed by atoms with Crippen molar-refractivity contribution in [2.75, 3.05) is 28.4 Å². The van der Waals surface area contributed by atoms with Gasteiger partial charge in [-0.1, -0.05) is 17.8 Å². The van der Waals surface area contributed by atoms with Gasteiger partial charge in [0.25, 0.3) is 0 Å². The molecule has 0 saturated heterocycles. The monoisotopic (exact) mass is 358 g/mol. The van der Waals surface area contributed by atoms with Crippen molar-refractivity contribution in [1.82, 2.24) is 9.97 Å². The van der Waals surface area contributed by atoms with E-state index in [1.165, 1.54) is 18.1 Å². The number of hydrogen-bond donors (Lipinski definition) is 0. The Hall–Kier alpha value is -2.67. The summed E-state index contributed by atoms with van der Waals surface area (Å²) in [4.78, 5) is 9.79. The minimum atomic E-state index is 0.508. The molecule has 1 heterocycles. The standard InChI is InChI=1S/C18H18N2O4S/c1-21-11-6-5-7-12(8-11)25-18-13-9-14(22-2)16(23-3)17(24-4)15(13)19-10-20-18/h5-10H,1-4H3. The summed E-state index contributed by atoms with van der Waals surface area (Å²) in [6, 6.07) is 9.66. The lowest BCUT2D eigenvalue weighted by atomic mass is 10.2. The second-order valence-corrected chi connectivity index (χ2v) is 6.06. The Morgan fingerprint density at radius 3 is 2.32 bits per heavy atom. The highest BCUT2D eigenvalue weighted by molar-refractivity contribution is 7.99. The quantitative estimate of drug-likeness (QED) is 0.621. The van der Waals surface area contributed by atoms with Gasteiger partial charge in [0, 0.05) is 10.3 Å². The number of hydrogen-bond acceptors (Lipinski definition) is 7. The first-order valence-electron chi connectivity index (χ1n) is 7.47. The van der Waals surface area contributed by atoms with Crippen LogP contribution < -0.4 is 18.9 Å². The summed E-state index contributed by atoms with van der Waals surface area (Å²) in [6.45, 7) is 0. The van der Waals surface area contributed by atoms with Gasteiger partial charge < -0.3 is 18.9 Å². The first kappa shape index (κ1) is 17.2. The molecule has 0 radical (unpaired) electrons. The van der Waals surface area contributed by atoms with Gasteiger partial charge in [0.1, 0.15) is 22.6 Å². The van der Waals surface area contributed by atoms with E-state index in [9.17, 15) is 0 Å². The van der Waals surface area contributed by atoms with Crippen molar-refractivity contribution < 1.29 is 18.9 Å². The number of methoxy groups -OCH3 is 4. The molecule has 7 heteroatoms. The summed E-state index contributed by atoms with van der Waals surface area (Å²) in [5, 5.41) is 1.61. The van der Waals surface area contributed by atoms with Crippen molar-refractivity contribution >= 4 is 22.7 Å². The molecule has 0 saturated carbocycles. The summed E-state index contributed by atoms with van der Waals surface area (Å²) >= 11 is 1.52. The molecule has 130 valence electrons. The molecule has 0 aliphatic heterocycles. The summed E-state index contributed by atoms with van der Waals surface area (Å²) in [6.07, 6.45) is 1.51. The minimum absolute atomic E-state index is 0.508. The van der Waals surface area contributed by atoms with Gasteiger partial charge in [0.2, 0.25) is 5.75 Å². The van der Waals surface area contributed by atoms with E-state index in [4.69, 9.17) is 18.9 Å². The van der Waals surface area contributed by atoms with Gasteiger partial charge in [-0.2, -0.15) is 0 Å². The van der Waals surface area contributed by atoms with Crippen LogP contribution in [0.15, 0.2) is 46.6 Å². The SMILES string of the molecule is COc1cccc(Sc2ncnc3c(OC)c(OC)c(OC)cc23)c1. The van der Waals surface area contributed by atoms with Gasteiger partial charge in [0.15, 0.2) is 11.5 Å². The zero-order valence-corrected chi connectivity index (χ0v) is 15.2. The van der Waals surface area contributed by atoms with E-state index in [1.807, 2.05) is 30.3 Å². The molecule has 25 heavy (non-hydrogen) atoms. The van der Waals surface area contributed by atoms with E-state index >= 15 is 0 Å². The Kier molecular flexibility index (Phi) is 5.14. The summed E-state index contributed by atoms with van der Waals surface area (Å²) in [5.41, 5.74) is 0.667. The molecule has 0 aliphatic carbocycles. The molecular weight excluding hydrogens is 340 g/mol. The van der Waals surface area contributed by atoms with Crippen LogP contribution in [0.3, 0.4) is 0 Å². The lowest BCUT2D eigenvalue weighted by Gasteiger charge is -2.15. The maximum absolute atomic E-state index is 5.51. The number of aromatic nitrogens is 2. The summed E-state index contributed by atoms with van der Waals surface area (Å²) in [5.74, 6) is 2.38. The van der Waals surface area contributed by atoms with Crippen LogP contribution >= 0.6 is 11.8 Å². The highest BCUT2D eigenvalue weighted by Crippen LogP contribution is 2.45. The maximum Gasteiger partial charge on any atom is 0.205 e. The second kappa shape index (κ2) is 7.48. The summed E-state index contributed by atoms with van der Waals surface area (Å²) in [7, 11) is 6.38. The van der Waals surface area contributed by atoms with Gasteiger partial charge in [-0.15, -0.1) is 0 Å². The highest BCUT2D eigenvalue weighted by atomic mass is 32.2. The lowest BCUT2D eigenvalue weighted by Crippen LogP contribution is -1.98. The number of nitrogens with zero attached hydrogens (tertiary/aromatic N) is 2. The Bertz CT molecular complexity index is 902. The normalized spacial score (nSPS) is 10.6. The zero-order valence-electron chi connectivity index (χ0n) is 14.4. The van der Waals surface area contributed by atoms with Crippen LogP contribution in [-0.4, -0.2) is 38.4 Å². The third kappa shape index (κ3) is 3.28. The molecule has 0 unspecified atom stereocenters. The van der Waals surface area contributed by atoms with E-state index in [-0.39, 0.29) is 0 Å². The molecule has 2 aromatic carbocycles. The molecule has 3 rings (SSSR count). The molecule has 0 bridgehead atoms. The smallest absolute Gasteiger partial charge is 0.205 e. The second-order valence-electron chi connectivity index (χ2n) is 5.00. The van der Waals surface area contributed by atoms with Crippen molar-refractivity contribution in [2.45, 2.75) is 9.92 Å². The number of rotatable bonds is 6. The van der Waals surface area contributed by atoms with Crippen molar-refractivity contribution in [1.29, 1.82) is 0 Å². The Morgan fingerprint density at radius 1 is 0.840 bits per heavy atom. The molecule has 0 atom stereocenters. The lowest BCUT2D eigenvalue weighted by molar-refractivity contribution is 0.326. The molecule has 6 nitrogen and oxygen atoms in total. The van der Waals surface area contributed by atoms with Crippen LogP contribution in [0.25, 0.3) is 10.9 Å². The van der Waals surface area contributed by atoms with Gasteiger partial charge in [-0.3, -0.25) is 0 Å². The largest absolute Gasteiger partial charge is 0.497 e. The molecule has 1 aromatic heterocycles. The van der Waals surface area contributed by atoms with Crippen LogP contribution in [-0.2, 0) is 0 Å². The van der Waals surface area contributed by atoms with E-state index in [2.05, 4.69) is 9.97 Å². The van der Waals surface area contributed by atoms with E-state index in [1.54, 1.807) is 28.4 Å². The third-order valence-electron chi connectivity index (χ3n) is 3.65. The van der Waals surface area contributed by atoms with Gasteiger partial charge in [-0.25, -0.2) is 9.97 Å². The first-order valence-corrected chi connectivity index (χ1v) is 8.29. The van der Waals surface area contributed by atoms with Crippen LogP contribution in [0.5, 0.6) is 23.0 Å². The zero-order chi connectivity index (χ0) is 17.8. The number of ether oxygens (including phenoxy) is 4. The average Bonchev–Trinajstić information content (AvgIpc) is 2.66. The van der Waals surface area contributed by atoms with Crippen LogP contribution in [0.1, 0.15) is 0 Å². The Morgan fingerprint density at radius 2 is 1.64 bits per heavy atom. The molecule has 3 aromatic rings. The van der Waals surface area contributed by atoms with Crippen molar-refractivity contribution in [3.63, 3.8) is 0 Å². The Labute approximate surface area is 150 Å². The van der Waals surface area contributed by atoms with E-state index in [0.29, 0.717) is 22.8 Å². The summed E-state index contributed by atoms with van der Waals surface area (Å²) < 4.78 is 21.6. The van der Waals surface area contributed by atoms with Crippen LogP contribution in [0.4, 0.5) is 0 Å². The average molecular weight is 358 g/mol. The van der Waals surface area contributed by atoms with Gasteiger partial charge in [-0.05, 0) is 24.3 Å². The minimum Gasteiger partial charge on any atom is -0.497 e. The van der Waals surface area contributed by atoms with Gasteiger partial charge >= 0.3 is 0 Å². The van der Waals surface area contributed by atoms with Crippen LogP contribution in [0, 0.1) is 0 Å². The van der Waals surface area contributed by atoms with Crippen molar-refractivity contribution in [3.05, 3.63) is 36.7 Å². The van der Waals surface area contributed by atoms with E-state index < -0.39 is 0 Å². The molecule has 0 N–H and O–H groups in total. The molecule has 0 aliphatic rings. The van der Waals surface area contributed by atoms with E-state index in [0.717, 1.165) is 21.1 Å². The fourth-order valence-electron chi connectivity index (χ4n) is 2.50. The third-order valence-corrected chi connectivity index (χ3v) is 4.66.